The molecule has 1 N–H and O–H groups in total. The van der Waals surface area contributed by atoms with Crippen molar-refractivity contribution in [3.63, 3.8) is 0 Å². The maximum Gasteiger partial charge on any atom is 0.385 e. The molecule has 0 saturated heterocycles. The van der Waals surface area contributed by atoms with Crippen molar-refractivity contribution in [3.8, 4) is 0 Å². The van der Waals surface area contributed by atoms with Crippen LogP contribution in [0.4, 0.5) is 5.69 Å². The van der Waals surface area contributed by atoms with Crippen LogP contribution in [-0.2, 0) is 10.0 Å². The lowest BCUT2D eigenvalue weighted by molar-refractivity contribution is 0.300. The molecule has 1 aromatic rings. The molecule has 0 aliphatic heterocycles. The largest absolute Gasteiger partial charge is 0.385 e. The summed E-state index contributed by atoms with van der Waals surface area (Å²) in [6, 6.07) is 5.73. The maximum atomic E-state index is 12.0. The summed E-state index contributed by atoms with van der Waals surface area (Å²) in [7, 11) is -3.49. The molecule has 20 heavy (non-hydrogen) atoms. The van der Waals surface area contributed by atoms with Crippen LogP contribution in [0.1, 0.15) is 20.3 Å². The van der Waals surface area contributed by atoms with Gasteiger partial charge in [-0.2, -0.15) is 0 Å². The third-order valence-corrected chi connectivity index (χ3v) is 4.58. The number of benzene rings is 1. The number of hydrogen-bond donors (Lipinski definition) is 1. The molecule has 0 heterocycles. The van der Waals surface area contributed by atoms with Gasteiger partial charge in [0.2, 0.25) is 15.4 Å². The summed E-state index contributed by atoms with van der Waals surface area (Å²) in [5, 5.41) is 8.56. The fourth-order valence-electron chi connectivity index (χ4n) is 1.82. The lowest BCUT2D eigenvalue weighted by Crippen LogP contribution is -2.29. The molecule has 0 amide bonds. The summed E-state index contributed by atoms with van der Waals surface area (Å²) in [6.07, 6.45) is 0.769. The Morgan fingerprint density at radius 3 is 2.30 bits per heavy atom. The second-order valence-corrected chi connectivity index (χ2v) is 6.14. The summed E-state index contributed by atoms with van der Waals surface area (Å²) >= 11 is 0. The molecule has 0 aromatic heterocycles. The van der Waals surface area contributed by atoms with Gasteiger partial charge in [-0.3, -0.25) is 0 Å². The summed E-state index contributed by atoms with van der Waals surface area (Å²) in [4.78, 5) is 5.40. The lowest BCUT2D eigenvalue weighted by Gasteiger charge is -2.17. The monoisotopic (exact) mass is 297 g/mol. The van der Waals surface area contributed by atoms with E-state index in [9.17, 15) is 8.42 Å². The summed E-state index contributed by atoms with van der Waals surface area (Å²) < 4.78 is 26.6. The van der Waals surface area contributed by atoms with E-state index >= 15 is 0 Å². The van der Waals surface area contributed by atoms with Crippen LogP contribution < -0.4 is 4.72 Å². The second kappa shape index (κ2) is 7.94. The van der Waals surface area contributed by atoms with E-state index in [-0.39, 0.29) is 4.90 Å². The zero-order chi connectivity index (χ0) is 15.0. The Morgan fingerprint density at radius 2 is 1.80 bits per heavy atom. The van der Waals surface area contributed by atoms with E-state index in [1.807, 2.05) is 0 Å². The zero-order valence-corrected chi connectivity index (χ0v) is 12.7. The van der Waals surface area contributed by atoms with Crippen LogP contribution in [0.25, 0.3) is 4.98 Å². The fourth-order valence-corrected chi connectivity index (χ4v) is 2.90. The van der Waals surface area contributed by atoms with E-state index in [1.165, 1.54) is 24.3 Å². The van der Waals surface area contributed by atoms with Crippen LogP contribution in [0.15, 0.2) is 29.2 Å². The van der Waals surface area contributed by atoms with Crippen LogP contribution in [0.5, 0.6) is 0 Å². The van der Waals surface area contributed by atoms with Crippen molar-refractivity contribution in [3.05, 3.63) is 29.2 Å². The molecule has 0 atom stereocenters. The summed E-state index contributed by atoms with van der Waals surface area (Å²) in [5.74, 6) is 0. The number of nitrogens with zero attached hydrogens (tertiary/aromatic N) is 3. The van der Waals surface area contributed by atoms with Gasteiger partial charge in [0.1, 0.15) is 0 Å². The Labute approximate surface area is 120 Å². The molecule has 0 spiro atoms. The molecule has 1 aromatic carbocycles. The Kier molecular flexibility index (Phi) is 6.58. The fraction of sp³-hybridized carbons (Fsp3) is 0.538. The van der Waals surface area contributed by atoms with Gasteiger partial charge in [0.05, 0.1) is 4.90 Å². The first-order valence-corrected chi connectivity index (χ1v) is 8.19. The maximum absolute atomic E-state index is 12.0. The number of sulfonamides is 1. The van der Waals surface area contributed by atoms with E-state index in [2.05, 4.69) is 28.4 Å². The summed E-state index contributed by atoms with van der Waals surface area (Å²) in [5.41, 5.74) is 0.325. The highest BCUT2D eigenvalue weighted by molar-refractivity contribution is 7.89. The van der Waals surface area contributed by atoms with Gasteiger partial charge in [0.15, 0.2) is 4.98 Å². The van der Waals surface area contributed by atoms with Gasteiger partial charge in [-0.05, 0) is 38.2 Å². The third kappa shape index (κ3) is 4.89. The van der Waals surface area contributed by atoms with E-state index < -0.39 is 10.0 Å². The van der Waals surface area contributed by atoms with Crippen molar-refractivity contribution < 1.29 is 8.42 Å². The van der Waals surface area contributed by atoms with Crippen molar-refractivity contribution in [1.82, 2.24) is 9.62 Å². The van der Waals surface area contributed by atoms with E-state index in [4.69, 9.17) is 5.39 Å². The van der Waals surface area contributed by atoms with Gasteiger partial charge < -0.3 is 4.90 Å². The molecule has 0 aliphatic carbocycles. The molecular weight excluding hydrogens is 276 g/mol. The first kappa shape index (κ1) is 16.6. The molecule has 0 radical (unpaired) electrons. The minimum atomic E-state index is -3.49. The second-order valence-electron chi connectivity index (χ2n) is 4.37. The van der Waals surface area contributed by atoms with Crippen LogP contribution >= 0.6 is 0 Å². The Morgan fingerprint density at radius 1 is 1.20 bits per heavy atom. The number of diazo groups is 1. The first-order valence-electron chi connectivity index (χ1n) is 6.70. The highest BCUT2D eigenvalue weighted by Gasteiger charge is 2.15. The predicted molar refractivity (Wildman–Crippen MR) is 78.8 cm³/mol. The minimum Gasteiger partial charge on any atom is -0.304 e. The Bertz CT molecular complexity index is 545. The Hall–Kier alpha value is -1.49. The number of rotatable bonds is 8. The normalized spacial score (nSPS) is 11.5. The van der Waals surface area contributed by atoms with E-state index in [0.717, 1.165) is 26.1 Å². The Balaban J connectivity index is 2.51. The highest BCUT2D eigenvalue weighted by Crippen LogP contribution is 2.15. The van der Waals surface area contributed by atoms with E-state index in [0.29, 0.717) is 12.2 Å². The molecule has 0 unspecified atom stereocenters. The number of nitrogens with one attached hydrogen (secondary N) is 1. The van der Waals surface area contributed by atoms with Gasteiger partial charge >= 0.3 is 5.69 Å². The molecule has 1 rings (SSSR count). The first-order chi connectivity index (χ1) is 9.53. The van der Waals surface area contributed by atoms with Crippen molar-refractivity contribution in [2.24, 2.45) is 0 Å². The lowest BCUT2D eigenvalue weighted by atomic mass is 10.3. The van der Waals surface area contributed by atoms with Gasteiger partial charge in [0, 0.05) is 18.7 Å². The topological polar surface area (TPSA) is 77.6 Å². The number of hydrogen-bond acceptors (Lipinski definition) is 4. The summed E-state index contributed by atoms with van der Waals surface area (Å²) in [6.45, 7) is 7.39. The van der Waals surface area contributed by atoms with Crippen molar-refractivity contribution in [2.45, 2.75) is 25.2 Å². The molecule has 0 aliphatic rings. The minimum absolute atomic E-state index is 0.174. The third-order valence-electron chi connectivity index (χ3n) is 3.10. The van der Waals surface area contributed by atoms with Crippen LogP contribution in [0, 0.1) is 5.39 Å². The molecule has 0 bridgehead atoms. The van der Waals surface area contributed by atoms with Crippen molar-refractivity contribution >= 4 is 15.7 Å². The van der Waals surface area contributed by atoms with Crippen molar-refractivity contribution in [2.75, 3.05) is 26.2 Å². The van der Waals surface area contributed by atoms with Crippen LogP contribution in [-0.4, -0.2) is 39.5 Å². The molecule has 0 fully saturated rings. The van der Waals surface area contributed by atoms with Gasteiger partial charge in [-0.25, -0.2) is 13.1 Å². The smallest absolute Gasteiger partial charge is 0.304 e. The quantitative estimate of drug-likeness (QED) is 0.589. The molecule has 7 heteroatoms. The SMILES string of the molecule is CCN(CC)CCCNS(=O)(=O)c1ccc([N+]#N)cc1. The van der Waals surface area contributed by atoms with Gasteiger partial charge in [-0.15, -0.1) is 0 Å². The zero-order valence-electron chi connectivity index (χ0n) is 11.9. The van der Waals surface area contributed by atoms with Crippen LogP contribution in [0.3, 0.4) is 0 Å². The van der Waals surface area contributed by atoms with Crippen LogP contribution in [0.2, 0.25) is 0 Å². The molecule has 110 valence electrons. The van der Waals surface area contributed by atoms with Gasteiger partial charge in [-0.1, -0.05) is 13.8 Å². The van der Waals surface area contributed by atoms with E-state index in [1.54, 1.807) is 0 Å². The van der Waals surface area contributed by atoms with Gasteiger partial charge in [0.25, 0.3) is 0 Å². The predicted octanol–water partition coefficient (Wildman–Crippen LogP) is 2.18. The highest BCUT2D eigenvalue weighted by atomic mass is 32.2. The average molecular weight is 297 g/mol. The molecule has 6 nitrogen and oxygen atoms in total. The average Bonchev–Trinajstić information content (AvgIpc) is 2.47. The molecular formula is C13H21N4O2S+. The standard InChI is InChI=1S/C13H21N4O2S/c1-3-17(4-2)11-5-10-15-20(18,19)13-8-6-12(16-14)7-9-13/h6-9,15H,3-5,10-11H2,1-2H3/q+1. The van der Waals surface area contributed by atoms with Crippen molar-refractivity contribution in [1.29, 1.82) is 5.39 Å². The molecule has 0 saturated carbocycles.